The summed E-state index contributed by atoms with van der Waals surface area (Å²) < 4.78 is 15.3. The predicted molar refractivity (Wildman–Crippen MR) is 99.6 cm³/mol. The molecule has 0 heterocycles. The highest BCUT2D eigenvalue weighted by atomic mass is 35.5. The number of urea groups is 1. The second-order valence-electron chi connectivity index (χ2n) is 5.06. The molecule has 0 aliphatic carbocycles. The monoisotopic (exact) mass is 378 g/mol. The van der Waals surface area contributed by atoms with Crippen molar-refractivity contribution < 1.29 is 23.8 Å². The van der Waals surface area contributed by atoms with Crippen LogP contribution in [-0.4, -0.2) is 32.8 Å². The van der Waals surface area contributed by atoms with Crippen LogP contribution in [0.2, 0.25) is 5.02 Å². The summed E-state index contributed by atoms with van der Waals surface area (Å²) in [6.45, 7) is 2.03. The summed E-state index contributed by atoms with van der Waals surface area (Å²) in [5, 5.41) is 5.69. The third-order valence-corrected chi connectivity index (χ3v) is 3.67. The Balaban J connectivity index is 2.08. The molecule has 0 atom stereocenters. The number of hydrogen-bond acceptors (Lipinski definition) is 5. The number of carbonyl (C=O) groups excluding carboxylic acids is 2. The van der Waals surface area contributed by atoms with Gasteiger partial charge < -0.3 is 24.8 Å². The lowest BCUT2D eigenvalue weighted by Gasteiger charge is -2.14. The second kappa shape index (κ2) is 8.96. The first kappa shape index (κ1) is 19.4. The van der Waals surface area contributed by atoms with Gasteiger partial charge in [-0.25, -0.2) is 9.59 Å². The predicted octanol–water partition coefficient (Wildman–Crippen LogP) is 4.18. The smallest absolute Gasteiger partial charge is 0.338 e. The van der Waals surface area contributed by atoms with E-state index in [0.29, 0.717) is 40.1 Å². The molecule has 8 heteroatoms. The van der Waals surface area contributed by atoms with E-state index in [-0.39, 0.29) is 0 Å². The number of nitrogens with one attached hydrogen (secondary N) is 2. The van der Waals surface area contributed by atoms with Crippen LogP contribution in [0, 0.1) is 0 Å². The van der Waals surface area contributed by atoms with Crippen molar-refractivity contribution >= 4 is 35.0 Å². The fraction of sp³-hybridized carbons (Fsp3) is 0.222. The quantitative estimate of drug-likeness (QED) is 0.736. The van der Waals surface area contributed by atoms with Crippen LogP contribution < -0.4 is 20.1 Å². The molecule has 0 spiro atoms. The molecule has 2 aromatic rings. The summed E-state index contributed by atoms with van der Waals surface area (Å²) in [5.41, 5.74) is 1.31. The Labute approximate surface area is 156 Å². The number of benzene rings is 2. The SMILES string of the molecule is CCOC(=O)c1ccc(NC(=O)Nc2cc(OC)c(Cl)cc2OC)cc1. The van der Waals surface area contributed by atoms with Crippen molar-refractivity contribution in [3.05, 3.63) is 47.0 Å². The van der Waals surface area contributed by atoms with Crippen molar-refractivity contribution in [1.82, 2.24) is 0 Å². The Morgan fingerprint density at radius 3 is 2.23 bits per heavy atom. The molecular formula is C18H19ClN2O5. The highest BCUT2D eigenvalue weighted by molar-refractivity contribution is 6.32. The van der Waals surface area contributed by atoms with Gasteiger partial charge in [-0.05, 0) is 31.2 Å². The number of anilines is 2. The summed E-state index contributed by atoms with van der Waals surface area (Å²) in [6.07, 6.45) is 0. The van der Waals surface area contributed by atoms with Crippen LogP contribution in [0.4, 0.5) is 16.2 Å². The van der Waals surface area contributed by atoms with Gasteiger partial charge in [0.15, 0.2) is 0 Å². The van der Waals surface area contributed by atoms with E-state index in [9.17, 15) is 9.59 Å². The highest BCUT2D eigenvalue weighted by Crippen LogP contribution is 2.35. The van der Waals surface area contributed by atoms with Gasteiger partial charge in [-0.3, -0.25) is 0 Å². The van der Waals surface area contributed by atoms with Crippen molar-refractivity contribution in [2.75, 3.05) is 31.5 Å². The topological polar surface area (TPSA) is 85.9 Å². The average Bonchev–Trinajstić information content (AvgIpc) is 2.63. The lowest BCUT2D eigenvalue weighted by Crippen LogP contribution is -2.20. The molecule has 26 heavy (non-hydrogen) atoms. The number of rotatable bonds is 6. The number of methoxy groups -OCH3 is 2. The normalized spacial score (nSPS) is 10.0. The molecular weight excluding hydrogens is 360 g/mol. The van der Waals surface area contributed by atoms with Crippen molar-refractivity contribution in [2.45, 2.75) is 6.92 Å². The van der Waals surface area contributed by atoms with Crippen LogP contribution >= 0.6 is 11.6 Å². The third-order valence-electron chi connectivity index (χ3n) is 3.38. The van der Waals surface area contributed by atoms with E-state index in [1.165, 1.54) is 14.2 Å². The van der Waals surface area contributed by atoms with Crippen molar-refractivity contribution in [3.63, 3.8) is 0 Å². The van der Waals surface area contributed by atoms with Crippen LogP contribution in [-0.2, 0) is 4.74 Å². The fourth-order valence-corrected chi connectivity index (χ4v) is 2.38. The molecule has 7 nitrogen and oxygen atoms in total. The number of ether oxygens (including phenoxy) is 3. The summed E-state index contributed by atoms with van der Waals surface area (Å²) in [6, 6.07) is 8.96. The Hall–Kier alpha value is -2.93. The summed E-state index contributed by atoms with van der Waals surface area (Å²) >= 11 is 6.04. The summed E-state index contributed by atoms with van der Waals surface area (Å²) in [5.74, 6) is 0.381. The minimum atomic E-state index is -0.489. The third kappa shape index (κ3) is 4.80. The largest absolute Gasteiger partial charge is 0.495 e. The van der Waals surface area contributed by atoms with Gasteiger partial charge in [-0.1, -0.05) is 11.6 Å². The molecule has 0 aliphatic heterocycles. The van der Waals surface area contributed by atoms with Gasteiger partial charge in [0.2, 0.25) is 0 Å². The zero-order chi connectivity index (χ0) is 19.1. The maximum absolute atomic E-state index is 12.2. The lowest BCUT2D eigenvalue weighted by molar-refractivity contribution is 0.0526. The van der Waals surface area contributed by atoms with E-state index in [1.54, 1.807) is 43.3 Å². The number of esters is 1. The van der Waals surface area contributed by atoms with E-state index in [0.717, 1.165) is 0 Å². The molecule has 0 aromatic heterocycles. The molecule has 2 rings (SSSR count). The van der Waals surface area contributed by atoms with Crippen molar-refractivity contribution in [3.8, 4) is 11.5 Å². The fourth-order valence-electron chi connectivity index (χ4n) is 2.15. The minimum Gasteiger partial charge on any atom is -0.495 e. The molecule has 0 saturated carbocycles. The minimum absolute atomic E-state index is 0.299. The van der Waals surface area contributed by atoms with E-state index >= 15 is 0 Å². The molecule has 0 fully saturated rings. The Kier molecular flexibility index (Phi) is 6.68. The molecule has 2 amide bonds. The first-order chi connectivity index (χ1) is 12.5. The summed E-state index contributed by atoms with van der Waals surface area (Å²) in [4.78, 5) is 23.8. The zero-order valence-electron chi connectivity index (χ0n) is 14.6. The number of hydrogen-bond donors (Lipinski definition) is 2. The van der Waals surface area contributed by atoms with Crippen LogP contribution in [0.5, 0.6) is 11.5 Å². The number of amides is 2. The molecule has 0 unspecified atom stereocenters. The molecule has 0 radical (unpaired) electrons. The van der Waals surface area contributed by atoms with Gasteiger partial charge in [-0.2, -0.15) is 0 Å². The van der Waals surface area contributed by atoms with Gasteiger partial charge >= 0.3 is 12.0 Å². The number of carbonyl (C=O) groups is 2. The van der Waals surface area contributed by atoms with Crippen molar-refractivity contribution in [1.29, 1.82) is 0 Å². The standard InChI is InChI=1S/C18H19ClN2O5/c1-4-26-17(22)11-5-7-12(8-6-11)20-18(23)21-14-10-15(24-2)13(19)9-16(14)25-3/h5-10H,4H2,1-3H3,(H2,20,21,23). The highest BCUT2D eigenvalue weighted by Gasteiger charge is 2.13. The van der Waals surface area contributed by atoms with Gasteiger partial charge in [0.1, 0.15) is 11.5 Å². The van der Waals surface area contributed by atoms with Gasteiger partial charge in [-0.15, -0.1) is 0 Å². The molecule has 2 aromatic carbocycles. The van der Waals surface area contributed by atoms with E-state index in [2.05, 4.69) is 10.6 Å². The Bertz CT molecular complexity index is 793. The van der Waals surface area contributed by atoms with Crippen LogP contribution in [0.3, 0.4) is 0 Å². The van der Waals surface area contributed by atoms with Crippen LogP contribution in [0.25, 0.3) is 0 Å². The number of halogens is 1. The zero-order valence-corrected chi connectivity index (χ0v) is 15.3. The van der Waals surface area contributed by atoms with Crippen LogP contribution in [0.15, 0.2) is 36.4 Å². The van der Waals surface area contributed by atoms with E-state index < -0.39 is 12.0 Å². The molecule has 138 valence electrons. The first-order valence-corrected chi connectivity index (χ1v) is 8.13. The lowest BCUT2D eigenvalue weighted by atomic mass is 10.2. The molecule has 2 N–H and O–H groups in total. The maximum atomic E-state index is 12.2. The van der Waals surface area contributed by atoms with E-state index in [1.807, 2.05) is 0 Å². The van der Waals surface area contributed by atoms with Crippen LogP contribution in [0.1, 0.15) is 17.3 Å². The molecule has 0 saturated heterocycles. The van der Waals surface area contributed by atoms with Gasteiger partial charge in [0.05, 0.1) is 37.1 Å². The molecule has 0 bridgehead atoms. The average molecular weight is 379 g/mol. The van der Waals surface area contributed by atoms with Gasteiger partial charge in [0.25, 0.3) is 0 Å². The molecule has 0 aliphatic rings. The Morgan fingerprint density at radius 1 is 1.00 bits per heavy atom. The summed E-state index contributed by atoms with van der Waals surface area (Å²) in [7, 11) is 2.94. The second-order valence-corrected chi connectivity index (χ2v) is 5.47. The van der Waals surface area contributed by atoms with E-state index in [4.69, 9.17) is 25.8 Å². The van der Waals surface area contributed by atoms with Crippen molar-refractivity contribution in [2.24, 2.45) is 0 Å². The van der Waals surface area contributed by atoms with Gasteiger partial charge in [0, 0.05) is 17.8 Å². The first-order valence-electron chi connectivity index (χ1n) is 7.75. The Morgan fingerprint density at radius 2 is 1.65 bits per heavy atom. The maximum Gasteiger partial charge on any atom is 0.338 e.